The molecule has 1 aromatic heterocycles. The molecule has 0 unspecified atom stereocenters. The van der Waals surface area contributed by atoms with Crippen LogP contribution >= 0.6 is 22.6 Å². The van der Waals surface area contributed by atoms with E-state index in [-0.39, 0.29) is 6.61 Å². The van der Waals surface area contributed by atoms with Gasteiger partial charge in [-0.2, -0.15) is 0 Å². The summed E-state index contributed by atoms with van der Waals surface area (Å²) in [7, 11) is 0. The Bertz CT molecular complexity index is 688. The molecule has 6 heteroatoms. The highest BCUT2D eigenvalue weighted by Gasteiger charge is 2.06. The second-order valence-corrected chi connectivity index (χ2v) is 5.69. The maximum absolute atomic E-state index is 11.6. The molecule has 0 aliphatic rings. The third-order valence-corrected chi connectivity index (χ3v) is 3.34. The second kappa shape index (κ2) is 7.79. The Morgan fingerprint density at radius 1 is 1.23 bits per heavy atom. The van der Waals surface area contributed by atoms with Gasteiger partial charge in [0.25, 0.3) is 5.91 Å². The molecule has 0 spiro atoms. The predicted octanol–water partition coefficient (Wildman–Crippen LogP) is 3.39. The maximum Gasteiger partial charge on any atom is 0.331 e. The second-order valence-electron chi connectivity index (χ2n) is 4.44. The monoisotopic (exact) mass is 411 g/mol. The third kappa shape index (κ3) is 5.36. The molecule has 1 N–H and O–H groups in total. The summed E-state index contributed by atoms with van der Waals surface area (Å²) in [6.07, 6.45) is 2.71. The number of hydrogen-bond donors (Lipinski definition) is 1. The fourth-order valence-corrected chi connectivity index (χ4v) is 1.97. The number of nitrogens with one attached hydrogen (secondary N) is 1. The number of halogens is 1. The molecule has 1 heterocycles. The lowest BCUT2D eigenvalue weighted by atomic mass is 10.3. The number of ether oxygens (including phenoxy) is 1. The van der Waals surface area contributed by atoms with Crippen molar-refractivity contribution in [1.82, 2.24) is 0 Å². The Morgan fingerprint density at radius 3 is 2.59 bits per heavy atom. The van der Waals surface area contributed by atoms with Crippen LogP contribution < -0.4 is 5.32 Å². The van der Waals surface area contributed by atoms with Gasteiger partial charge < -0.3 is 14.5 Å². The Labute approximate surface area is 141 Å². The van der Waals surface area contributed by atoms with Gasteiger partial charge in [0.2, 0.25) is 0 Å². The van der Waals surface area contributed by atoms with Crippen LogP contribution in [0.15, 0.2) is 46.9 Å². The highest BCUT2D eigenvalue weighted by Crippen LogP contribution is 2.11. The summed E-state index contributed by atoms with van der Waals surface area (Å²) in [6.45, 7) is 1.47. The Kier molecular flexibility index (Phi) is 5.76. The summed E-state index contributed by atoms with van der Waals surface area (Å²) in [6, 6.07) is 10.8. The molecule has 0 bridgehead atoms. The van der Waals surface area contributed by atoms with Crippen molar-refractivity contribution in [1.29, 1.82) is 0 Å². The molecule has 22 heavy (non-hydrogen) atoms. The van der Waals surface area contributed by atoms with Gasteiger partial charge in [-0.3, -0.25) is 4.79 Å². The topological polar surface area (TPSA) is 68.5 Å². The first-order valence-electron chi connectivity index (χ1n) is 6.49. The first-order chi connectivity index (χ1) is 10.5. The van der Waals surface area contributed by atoms with E-state index in [4.69, 9.17) is 9.15 Å². The van der Waals surface area contributed by atoms with Crippen molar-refractivity contribution in [3.63, 3.8) is 0 Å². The average molecular weight is 411 g/mol. The molecule has 0 saturated carbocycles. The van der Waals surface area contributed by atoms with Crippen molar-refractivity contribution >= 4 is 46.2 Å². The lowest BCUT2D eigenvalue weighted by molar-refractivity contribution is -0.142. The van der Waals surface area contributed by atoms with E-state index in [0.29, 0.717) is 11.4 Å². The van der Waals surface area contributed by atoms with Gasteiger partial charge in [-0.05, 0) is 72.0 Å². The number of furan rings is 1. The van der Waals surface area contributed by atoms with Crippen LogP contribution in [-0.2, 0) is 14.3 Å². The minimum atomic E-state index is -0.605. The van der Waals surface area contributed by atoms with Crippen LogP contribution in [0.1, 0.15) is 11.5 Å². The maximum atomic E-state index is 11.6. The van der Waals surface area contributed by atoms with E-state index in [1.54, 1.807) is 24.3 Å². The third-order valence-electron chi connectivity index (χ3n) is 2.62. The van der Waals surface area contributed by atoms with Crippen molar-refractivity contribution in [3.05, 3.63) is 57.6 Å². The summed E-state index contributed by atoms with van der Waals surface area (Å²) in [5, 5.41) is 2.64. The summed E-state index contributed by atoms with van der Waals surface area (Å²) in [5.41, 5.74) is 0.656. The van der Waals surface area contributed by atoms with Gasteiger partial charge >= 0.3 is 5.97 Å². The van der Waals surface area contributed by atoms with E-state index in [1.165, 1.54) is 12.2 Å². The van der Waals surface area contributed by atoms with E-state index >= 15 is 0 Å². The van der Waals surface area contributed by atoms with E-state index in [9.17, 15) is 9.59 Å². The number of hydrogen-bond acceptors (Lipinski definition) is 4. The molecular weight excluding hydrogens is 397 g/mol. The molecule has 0 fully saturated rings. The van der Waals surface area contributed by atoms with E-state index in [0.717, 1.165) is 9.33 Å². The molecule has 1 amide bonds. The average Bonchev–Trinajstić information content (AvgIpc) is 2.91. The highest BCUT2D eigenvalue weighted by molar-refractivity contribution is 14.1. The lowest BCUT2D eigenvalue weighted by Gasteiger charge is -2.05. The number of anilines is 1. The van der Waals surface area contributed by atoms with Gasteiger partial charge in [0.05, 0.1) is 0 Å². The van der Waals surface area contributed by atoms with Gasteiger partial charge in [0.15, 0.2) is 6.61 Å². The number of rotatable bonds is 5. The van der Waals surface area contributed by atoms with Crippen LogP contribution in [0, 0.1) is 10.5 Å². The minimum absolute atomic E-state index is 0.341. The van der Waals surface area contributed by atoms with Gasteiger partial charge in [-0.15, -0.1) is 0 Å². The highest BCUT2D eigenvalue weighted by atomic mass is 127. The summed E-state index contributed by atoms with van der Waals surface area (Å²) in [4.78, 5) is 23.1. The van der Waals surface area contributed by atoms with Crippen LogP contribution in [0.25, 0.3) is 6.08 Å². The summed E-state index contributed by atoms with van der Waals surface area (Å²) in [5.74, 6) is 0.311. The first kappa shape index (κ1) is 16.3. The molecule has 1 aromatic carbocycles. The molecule has 0 aliphatic heterocycles. The summed E-state index contributed by atoms with van der Waals surface area (Å²) < 4.78 is 11.2. The number of aryl methyl sites for hydroxylation is 1. The molecule has 2 aromatic rings. The molecule has 5 nitrogen and oxygen atoms in total. The fourth-order valence-electron chi connectivity index (χ4n) is 1.61. The zero-order valence-electron chi connectivity index (χ0n) is 11.8. The van der Waals surface area contributed by atoms with Crippen LogP contribution in [0.4, 0.5) is 5.69 Å². The Morgan fingerprint density at radius 2 is 1.95 bits per heavy atom. The van der Waals surface area contributed by atoms with Gasteiger partial charge in [0.1, 0.15) is 11.5 Å². The Hall–Kier alpha value is -2.09. The van der Waals surface area contributed by atoms with Crippen LogP contribution in [-0.4, -0.2) is 18.5 Å². The molecule has 0 radical (unpaired) electrons. The van der Waals surface area contributed by atoms with Crippen molar-refractivity contribution in [3.8, 4) is 0 Å². The first-order valence-corrected chi connectivity index (χ1v) is 7.57. The van der Waals surface area contributed by atoms with E-state index in [1.807, 2.05) is 19.1 Å². The van der Waals surface area contributed by atoms with E-state index in [2.05, 4.69) is 27.9 Å². The normalized spacial score (nSPS) is 10.6. The van der Waals surface area contributed by atoms with Crippen molar-refractivity contribution < 1.29 is 18.7 Å². The molecule has 0 aliphatic carbocycles. The molecule has 2 rings (SSSR count). The van der Waals surface area contributed by atoms with Gasteiger partial charge in [-0.1, -0.05) is 0 Å². The van der Waals surface area contributed by atoms with Gasteiger partial charge in [-0.25, -0.2) is 4.79 Å². The zero-order chi connectivity index (χ0) is 15.9. The van der Waals surface area contributed by atoms with Crippen molar-refractivity contribution in [2.45, 2.75) is 6.92 Å². The number of benzene rings is 1. The number of carbonyl (C=O) groups excluding carboxylic acids is 2. The fraction of sp³-hybridized carbons (Fsp3) is 0.125. The molecule has 114 valence electrons. The Balaban J connectivity index is 1.77. The minimum Gasteiger partial charge on any atom is -0.462 e. The van der Waals surface area contributed by atoms with Gasteiger partial charge in [0, 0.05) is 15.3 Å². The van der Waals surface area contributed by atoms with Crippen LogP contribution in [0.2, 0.25) is 0 Å². The number of esters is 1. The van der Waals surface area contributed by atoms with Crippen molar-refractivity contribution in [2.24, 2.45) is 0 Å². The number of carbonyl (C=O) groups is 2. The molecule has 0 atom stereocenters. The largest absolute Gasteiger partial charge is 0.462 e. The molecular formula is C16H14INO4. The smallest absolute Gasteiger partial charge is 0.331 e. The quantitative estimate of drug-likeness (QED) is 0.466. The zero-order valence-corrected chi connectivity index (χ0v) is 14.0. The van der Waals surface area contributed by atoms with Crippen LogP contribution in [0.3, 0.4) is 0 Å². The number of amides is 1. The van der Waals surface area contributed by atoms with Crippen LogP contribution in [0.5, 0.6) is 0 Å². The molecule has 0 saturated heterocycles. The van der Waals surface area contributed by atoms with E-state index < -0.39 is 11.9 Å². The SMILES string of the molecule is Cc1ccc(C=CC(=O)OCC(=O)Nc2ccc(I)cc2)o1. The van der Waals surface area contributed by atoms with Crippen molar-refractivity contribution in [2.75, 3.05) is 11.9 Å². The summed E-state index contributed by atoms with van der Waals surface area (Å²) >= 11 is 2.17. The lowest BCUT2D eigenvalue weighted by Crippen LogP contribution is -2.20. The predicted molar refractivity (Wildman–Crippen MR) is 91.2 cm³/mol. The standard InChI is InChI=1S/C16H14INO4/c1-11-2-7-14(22-11)8-9-16(20)21-10-15(19)18-13-5-3-12(17)4-6-13/h2-9H,10H2,1H3,(H,18,19).